The Hall–Kier alpha value is 0.01000. The monoisotopic (exact) mass is 301 g/mol. The molecule has 0 bridgehead atoms. The minimum Gasteiger partial charge on any atom is -0.327 e. The molecule has 90 valence electrons. The van der Waals surface area contributed by atoms with Crippen molar-refractivity contribution in [3.05, 3.63) is 28.7 Å². The summed E-state index contributed by atoms with van der Waals surface area (Å²) in [5.41, 5.74) is 6.16. The molecule has 0 amide bonds. The quantitative estimate of drug-likeness (QED) is 0.793. The fraction of sp³-hybridized carbons (Fsp3) is 0.538. The van der Waals surface area contributed by atoms with Gasteiger partial charge in [-0.1, -0.05) is 42.3 Å². The lowest BCUT2D eigenvalue weighted by Gasteiger charge is -2.18. The van der Waals surface area contributed by atoms with Crippen molar-refractivity contribution in [2.75, 3.05) is 5.75 Å². The highest BCUT2D eigenvalue weighted by Gasteiger charge is 2.11. The summed E-state index contributed by atoms with van der Waals surface area (Å²) in [6, 6.07) is 8.68. The Labute approximate surface area is 111 Å². The van der Waals surface area contributed by atoms with Crippen LogP contribution >= 0.6 is 27.7 Å². The van der Waals surface area contributed by atoms with Gasteiger partial charge in [0.1, 0.15) is 0 Å². The van der Waals surface area contributed by atoms with Gasteiger partial charge in [0.05, 0.1) is 0 Å². The molecule has 16 heavy (non-hydrogen) atoms. The van der Waals surface area contributed by atoms with Gasteiger partial charge < -0.3 is 5.73 Å². The second-order valence-corrected chi connectivity index (χ2v) is 6.21. The van der Waals surface area contributed by atoms with Crippen molar-refractivity contribution in [3.8, 4) is 0 Å². The van der Waals surface area contributed by atoms with E-state index in [4.69, 9.17) is 5.73 Å². The number of halogens is 1. The molecule has 1 rings (SSSR count). The van der Waals surface area contributed by atoms with Crippen LogP contribution in [0.15, 0.2) is 33.6 Å². The van der Waals surface area contributed by atoms with Crippen LogP contribution in [-0.2, 0) is 0 Å². The third-order valence-corrected chi connectivity index (χ3v) is 4.35. The lowest BCUT2D eigenvalue weighted by Crippen LogP contribution is -2.30. The number of nitrogens with two attached hydrogens (primary N) is 1. The molecule has 2 unspecified atom stereocenters. The maximum absolute atomic E-state index is 6.16. The summed E-state index contributed by atoms with van der Waals surface area (Å²) in [6.07, 6.45) is 2.44. The molecule has 0 saturated heterocycles. The summed E-state index contributed by atoms with van der Waals surface area (Å²) in [5, 5.41) is 0. The highest BCUT2D eigenvalue weighted by Crippen LogP contribution is 2.24. The van der Waals surface area contributed by atoms with Gasteiger partial charge in [-0.3, -0.25) is 0 Å². The highest BCUT2D eigenvalue weighted by molar-refractivity contribution is 9.10. The first-order valence-electron chi connectivity index (χ1n) is 5.77. The van der Waals surface area contributed by atoms with Crippen molar-refractivity contribution >= 4 is 27.7 Å². The molecule has 1 nitrogen and oxygen atoms in total. The van der Waals surface area contributed by atoms with Crippen LogP contribution in [0.1, 0.15) is 26.7 Å². The van der Waals surface area contributed by atoms with E-state index in [0.717, 1.165) is 10.2 Å². The first-order chi connectivity index (χ1) is 7.63. The topological polar surface area (TPSA) is 26.0 Å². The summed E-state index contributed by atoms with van der Waals surface area (Å²) in [5.74, 6) is 1.61. The Bertz CT molecular complexity index is 317. The Kier molecular flexibility index (Phi) is 6.47. The van der Waals surface area contributed by atoms with Crippen LogP contribution in [0, 0.1) is 5.92 Å². The average Bonchev–Trinajstić information content (AvgIpc) is 2.26. The largest absolute Gasteiger partial charge is 0.327 e. The maximum Gasteiger partial charge on any atom is 0.0186 e. The first kappa shape index (κ1) is 14.1. The van der Waals surface area contributed by atoms with Gasteiger partial charge in [0.25, 0.3) is 0 Å². The molecule has 0 saturated carbocycles. The summed E-state index contributed by atoms with van der Waals surface area (Å²) in [4.78, 5) is 1.29. The van der Waals surface area contributed by atoms with Crippen molar-refractivity contribution in [1.29, 1.82) is 0 Å². The Balaban J connectivity index is 2.39. The molecule has 2 atom stereocenters. The van der Waals surface area contributed by atoms with Gasteiger partial charge >= 0.3 is 0 Å². The summed E-state index contributed by atoms with van der Waals surface area (Å²) < 4.78 is 1.13. The van der Waals surface area contributed by atoms with Gasteiger partial charge in [-0.05, 0) is 30.5 Å². The predicted molar refractivity (Wildman–Crippen MR) is 76.9 cm³/mol. The van der Waals surface area contributed by atoms with Crippen LogP contribution in [0.2, 0.25) is 0 Å². The fourth-order valence-electron chi connectivity index (χ4n) is 1.58. The van der Waals surface area contributed by atoms with Gasteiger partial charge in [0.2, 0.25) is 0 Å². The molecule has 0 fully saturated rings. The van der Waals surface area contributed by atoms with E-state index in [1.165, 1.54) is 17.7 Å². The van der Waals surface area contributed by atoms with Gasteiger partial charge in [0, 0.05) is 21.2 Å². The van der Waals surface area contributed by atoms with Crippen LogP contribution in [0.4, 0.5) is 0 Å². The molecule has 0 aromatic heterocycles. The van der Waals surface area contributed by atoms with Crippen LogP contribution in [0.3, 0.4) is 0 Å². The SMILES string of the molecule is CCCC(C)C(N)CSc1cccc(Br)c1. The van der Waals surface area contributed by atoms with E-state index in [2.05, 4.69) is 48.0 Å². The van der Waals surface area contributed by atoms with E-state index in [-0.39, 0.29) is 0 Å². The standard InChI is InChI=1S/C13H20BrNS/c1-3-5-10(2)13(15)9-16-12-7-4-6-11(14)8-12/h4,6-8,10,13H,3,5,9,15H2,1-2H3. The Morgan fingerprint density at radius 1 is 1.44 bits per heavy atom. The van der Waals surface area contributed by atoms with Crippen molar-refractivity contribution < 1.29 is 0 Å². The molecule has 0 heterocycles. The molecule has 2 N–H and O–H groups in total. The smallest absolute Gasteiger partial charge is 0.0186 e. The lowest BCUT2D eigenvalue weighted by atomic mass is 9.99. The zero-order chi connectivity index (χ0) is 12.0. The minimum absolute atomic E-state index is 0.295. The van der Waals surface area contributed by atoms with E-state index < -0.39 is 0 Å². The fourth-order valence-corrected chi connectivity index (χ4v) is 3.23. The number of rotatable bonds is 6. The van der Waals surface area contributed by atoms with E-state index >= 15 is 0 Å². The Morgan fingerprint density at radius 3 is 2.81 bits per heavy atom. The predicted octanol–water partition coefficient (Wildman–Crippen LogP) is 4.30. The van der Waals surface area contributed by atoms with Gasteiger partial charge in [-0.15, -0.1) is 11.8 Å². The number of benzene rings is 1. The second-order valence-electron chi connectivity index (χ2n) is 4.20. The Morgan fingerprint density at radius 2 is 2.19 bits per heavy atom. The third-order valence-electron chi connectivity index (χ3n) is 2.71. The molecule has 0 radical (unpaired) electrons. The van der Waals surface area contributed by atoms with Gasteiger partial charge in [-0.25, -0.2) is 0 Å². The summed E-state index contributed by atoms with van der Waals surface area (Å²) >= 11 is 5.32. The van der Waals surface area contributed by atoms with Crippen LogP contribution in [0.5, 0.6) is 0 Å². The normalized spacial score (nSPS) is 14.8. The molecular weight excluding hydrogens is 282 g/mol. The first-order valence-corrected chi connectivity index (χ1v) is 7.55. The molecule has 0 spiro atoms. The molecule has 1 aromatic rings. The number of thioether (sulfide) groups is 1. The van der Waals surface area contributed by atoms with E-state index in [1.807, 2.05) is 17.8 Å². The number of hydrogen-bond donors (Lipinski definition) is 1. The average molecular weight is 302 g/mol. The molecule has 1 aromatic carbocycles. The molecule has 0 aliphatic heterocycles. The van der Waals surface area contributed by atoms with E-state index in [0.29, 0.717) is 12.0 Å². The zero-order valence-electron chi connectivity index (χ0n) is 9.95. The second kappa shape index (κ2) is 7.36. The molecule has 0 aliphatic rings. The molecule has 3 heteroatoms. The van der Waals surface area contributed by atoms with Gasteiger partial charge in [-0.2, -0.15) is 0 Å². The third kappa shape index (κ3) is 4.89. The highest BCUT2D eigenvalue weighted by atomic mass is 79.9. The zero-order valence-corrected chi connectivity index (χ0v) is 12.4. The lowest BCUT2D eigenvalue weighted by molar-refractivity contribution is 0.450. The van der Waals surface area contributed by atoms with E-state index in [9.17, 15) is 0 Å². The van der Waals surface area contributed by atoms with E-state index in [1.54, 1.807) is 0 Å². The van der Waals surface area contributed by atoms with Crippen molar-refractivity contribution in [1.82, 2.24) is 0 Å². The summed E-state index contributed by atoms with van der Waals surface area (Å²) in [7, 11) is 0. The van der Waals surface area contributed by atoms with Crippen molar-refractivity contribution in [3.63, 3.8) is 0 Å². The van der Waals surface area contributed by atoms with Crippen molar-refractivity contribution in [2.24, 2.45) is 11.7 Å². The van der Waals surface area contributed by atoms with Crippen LogP contribution in [-0.4, -0.2) is 11.8 Å². The van der Waals surface area contributed by atoms with Gasteiger partial charge in [0.15, 0.2) is 0 Å². The number of hydrogen-bond acceptors (Lipinski definition) is 2. The molecule has 0 aliphatic carbocycles. The van der Waals surface area contributed by atoms with Crippen molar-refractivity contribution in [2.45, 2.75) is 37.6 Å². The summed E-state index contributed by atoms with van der Waals surface area (Å²) in [6.45, 7) is 4.46. The molecular formula is C13H20BrNS. The minimum atomic E-state index is 0.295. The van der Waals surface area contributed by atoms with Crippen LogP contribution < -0.4 is 5.73 Å². The maximum atomic E-state index is 6.16. The van der Waals surface area contributed by atoms with Crippen LogP contribution in [0.25, 0.3) is 0 Å².